The molecule has 0 amide bonds. The number of aromatic nitrogens is 2. The van der Waals surface area contributed by atoms with Crippen molar-refractivity contribution in [3.63, 3.8) is 0 Å². The number of nitrogens with one attached hydrogen (secondary N) is 2. The maximum Gasteiger partial charge on any atom is 0.321 e. The van der Waals surface area contributed by atoms with E-state index in [-0.39, 0.29) is 0 Å². The zero-order valence-corrected chi connectivity index (χ0v) is 18.7. The molecule has 0 saturated heterocycles. The van der Waals surface area contributed by atoms with Gasteiger partial charge in [-0.3, -0.25) is 10.1 Å². The number of fused-ring (bicyclic) bond motifs is 2. The average Bonchev–Trinajstić information content (AvgIpc) is 3.39. The van der Waals surface area contributed by atoms with Crippen molar-refractivity contribution in [1.29, 1.82) is 0 Å². The lowest BCUT2D eigenvalue weighted by Crippen LogP contribution is -2.38. The van der Waals surface area contributed by atoms with Crippen molar-refractivity contribution in [2.45, 2.75) is 25.6 Å². The lowest BCUT2D eigenvalue weighted by atomic mass is 10.0. The van der Waals surface area contributed by atoms with Gasteiger partial charge in [0, 0.05) is 58.7 Å². The van der Waals surface area contributed by atoms with E-state index >= 15 is 0 Å². The van der Waals surface area contributed by atoms with Gasteiger partial charge in [0.1, 0.15) is 6.04 Å². The Kier molecular flexibility index (Phi) is 5.90. The monoisotopic (exact) mass is 457 g/mol. The number of halogens is 1. The molecule has 0 saturated carbocycles. The summed E-state index contributed by atoms with van der Waals surface area (Å²) in [6.45, 7) is 1.10. The number of nitrogens with zero attached hydrogens (tertiary/aromatic N) is 1. The van der Waals surface area contributed by atoms with Gasteiger partial charge < -0.3 is 14.7 Å². The van der Waals surface area contributed by atoms with Gasteiger partial charge in [0.05, 0.1) is 0 Å². The Bertz CT molecular complexity index is 1440. The van der Waals surface area contributed by atoms with E-state index in [0.29, 0.717) is 19.5 Å². The summed E-state index contributed by atoms with van der Waals surface area (Å²) >= 11 is 6.39. The quantitative estimate of drug-likeness (QED) is 0.283. The van der Waals surface area contributed by atoms with Crippen LogP contribution in [0, 0.1) is 0 Å². The maximum absolute atomic E-state index is 12.0. The van der Waals surface area contributed by atoms with Gasteiger partial charge in [-0.05, 0) is 34.9 Å². The van der Waals surface area contributed by atoms with E-state index < -0.39 is 12.0 Å². The number of para-hydroxylation sites is 2. The summed E-state index contributed by atoms with van der Waals surface area (Å²) < 4.78 is 2.17. The van der Waals surface area contributed by atoms with Crippen molar-refractivity contribution >= 4 is 39.4 Å². The minimum Gasteiger partial charge on any atom is -0.480 e. The van der Waals surface area contributed by atoms with Crippen LogP contribution in [0.3, 0.4) is 0 Å². The highest BCUT2D eigenvalue weighted by Gasteiger charge is 2.20. The van der Waals surface area contributed by atoms with Crippen molar-refractivity contribution in [2.24, 2.45) is 0 Å². The summed E-state index contributed by atoms with van der Waals surface area (Å²) in [4.78, 5) is 15.3. The lowest BCUT2D eigenvalue weighted by molar-refractivity contribution is -0.139. The topological polar surface area (TPSA) is 70.0 Å². The van der Waals surface area contributed by atoms with Crippen molar-refractivity contribution in [3.05, 3.63) is 107 Å². The molecule has 2 aromatic heterocycles. The molecule has 0 bridgehead atoms. The van der Waals surface area contributed by atoms with Crippen LogP contribution in [0.4, 0.5) is 0 Å². The predicted octanol–water partition coefficient (Wildman–Crippen LogP) is 5.61. The maximum atomic E-state index is 12.0. The summed E-state index contributed by atoms with van der Waals surface area (Å²) in [6.07, 6.45) is 4.39. The molecule has 5 nitrogen and oxygen atoms in total. The highest BCUT2D eigenvalue weighted by atomic mass is 35.5. The average molecular weight is 458 g/mol. The molecule has 3 N–H and O–H groups in total. The summed E-state index contributed by atoms with van der Waals surface area (Å²) in [6, 6.07) is 23.3. The summed E-state index contributed by atoms with van der Waals surface area (Å²) in [5.74, 6) is -0.861. The van der Waals surface area contributed by atoms with Crippen LogP contribution in [0.15, 0.2) is 85.2 Å². The number of rotatable bonds is 8. The third-order valence-electron chi connectivity index (χ3n) is 6.11. The number of aliphatic carboxylic acids is 1. The van der Waals surface area contributed by atoms with Crippen LogP contribution < -0.4 is 5.32 Å². The molecule has 0 aliphatic rings. The van der Waals surface area contributed by atoms with Gasteiger partial charge in [-0.25, -0.2) is 0 Å². The van der Waals surface area contributed by atoms with E-state index in [1.54, 1.807) is 0 Å². The van der Waals surface area contributed by atoms with Gasteiger partial charge in [0.15, 0.2) is 0 Å². The summed E-state index contributed by atoms with van der Waals surface area (Å²) in [7, 11) is 0. The number of carboxylic acid groups (broad SMARTS) is 1. The van der Waals surface area contributed by atoms with Gasteiger partial charge in [0.25, 0.3) is 0 Å². The van der Waals surface area contributed by atoms with Gasteiger partial charge in [-0.1, -0.05) is 66.2 Å². The van der Waals surface area contributed by atoms with Crippen molar-refractivity contribution in [2.75, 3.05) is 0 Å². The van der Waals surface area contributed by atoms with Crippen LogP contribution in [0.2, 0.25) is 5.02 Å². The highest BCUT2D eigenvalue weighted by Crippen LogP contribution is 2.25. The smallest absolute Gasteiger partial charge is 0.321 e. The van der Waals surface area contributed by atoms with Crippen molar-refractivity contribution < 1.29 is 9.90 Å². The van der Waals surface area contributed by atoms with Gasteiger partial charge in [-0.15, -0.1) is 0 Å². The zero-order chi connectivity index (χ0) is 22.8. The molecule has 5 rings (SSSR count). The zero-order valence-electron chi connectivity index (χ0n) is 18.0. The molecule has 6 heteroatoms. The Balaban J connectivity index is 1.39. The molecule has 2 heterocycles. The first-order chi connectivity index (χ1) is 16.1. The number of hydrogen-bond donors (Lipinski definition) is 3. The van der Waals surface area contributed by atoms with E-state index in [2.05, 4.69) is 33.2 Å². The first-order valence-electron chi connectivity index (χ1n) is 10.9. The number of hydrogen-bond acceptors (Lipinski definition) is 2. The van der Waals surface area contributed by atoms with E-state index in [1.807, 2.05) is 66.9 Å². The number of H-pyrrole nitrogens is 1. The Morgan fingerprint density at radius 2 is 1.67 bits per heavy atom. The molecule has 1 atom stereocenters. The van der Waals surface area contributed by atoms with Gasteiger partial charge in [0.2, 0.25) is 0 Å². The van der Waals surface area contributed by atoms with E-state index in [4.69, 9.17) is 11.6 Å². The molecule has 0 aliphatic heterocycles. The molecule has 0 aliphatic carbocycles. The first-order valence-corrected chi connectivity index (χ1v) is 11.3. The van der Waals surface area contributed by atoms with Crippen molar-refractivity contribution in [1.82, 2.24) is 14.9 Å². The second-order valence-corrected chi connectivity index (χ2v) is 8.63. The summed E-state index contributed by atoms with van der Waals surface area (Å²) in [5, 5.41) is 16.0. The standard InChI is InChI=1S/C27H24ClN3O2/c28-23-10-4-1-7-18(23)16-31-17-20(22-9-3-6-12-26(22)31)15-30-25(27(32)33)13-19-14-29-24-11-5-2-8-21(19)24/h1-12,14,17,25,29-30H,13,15-16H2,(H,32,33)/t25-/m0/s1. The molecule has 0 unspecified atom stereocenters. The van der Waals surface area contributed by atoms with Crippen LogP contribution in [0.25, 0.3) is 21.8 Å². The fraction of sp³-hybridized carbons (Fsp3) is 0.148. The molecule has 33 heavy (non-hydrogen) atoms. The van der Waals surface area contributed by atoms with E-state index in [9.17, 15) is 9.90 Å². The van der Waals surface area contributed by atoms with Crippen LogP contribution in [-0.2, 0) is 24.3 Å². The second kappa shape index (κ2) is 9.14. The predicted molar refractivity (Wildman–Crippen MR) is 133 cm³/mol. The Hall–Kier alpha value is -3.54. The Morgan fingerprint density at radius 3 is 2.48 bits per heavy atom. The van der Waals surface area contributed by atoms with Gasteiger partial charge >= 0.3 is 5.97 Å². The number of aromatic amines is 1. The number of carbonyl (C=O) groups is 1. The third kappa shape index (κ3) is 4.38. The minimum atomic E-state index is -0.861. The second-order valence-electron chi connectivity index (χ2n) is 8.23. The molecular weight excluding hydrogens is 434 g/mol. The molecule has 5 aromatic rings. The fourth-order valence-corrected chi connectivity index (χ4v) is 4.60. The van der Waals surface area contributed by atoms with Crippen LogP contribution in [0.5, 0.6) is 0 Å². The Morgan fingerprint density at radius 1 is 0.939 bits per heavy atom. The van der Waals surface area contributed by atoms with Gasteiger partial charge in [-0.2, -0.15) is 0 Å². The molecule has 166 valence electrons. The van der Waals surface area contributed by atoms with E-state index in [0.717, 1.165) is 43.5 Å². The lowest BCUT2D eigenvalue weighted by Gasteiger charge is -2.14. The first kappa shape index (κ1) is 21.3. The number of carboxylic acids is 1. The normalized spacial score (nSPS) is 12.4. The largest absolute Gasteiger partial charge is 0.480 e. The van der Waals surface area contributed by atoms with Crippen LogP contribution in [0.1, 0.15) is 16.7 Å². The Labute approximate surface area is 196 Å². The van der Waals surface area contributed by atoms with Crippen LogP contribution >= 0.6 is 11.6 Å². The highest BCUT2D eigenvalue weighted by molar-refractivity contribution is 6.31. The minimum absolute atomic E-state index is 0.400. The van der Waals surface area contributed by atoms with Crippen LogP contribution in [-0.4, -0.2) is 26.7 Å². The van der Waals surface area contributed by atoms with E-state index in [1.165, 1.54) is 0 Å². The van der Waals surface area contributed by atoms with Crippen molar-refractivity contribution in [3.8, 4) is 0 Å². The molecular formula is C27H24ClN3O2. The molecule has 0 fully saturated rings. The SMILES string of the molecule is O=C(O)[C@H](Cc1c[nH]c2ccccc12)NCc1cn(Cc2ccccc2Cl)c2ccccc12. The molecule has 0 spiro atoms. The third-order valence-corrected chi connectivity index (χ3v) is 6.47. The fourth-order valence-electron chi connectivity index (χ4n) is 4.41. The number of benzene rings is 3. The molecule has 3 aromatic carbocycles. The molecule has 0 radical (unpaired) electrons. The summed E-state index contributed by atoms with van der Waals surface area (Å²) in [5.41, 5.74) is 5.20.